The molecule has 0 aromatic rings. The topological polar surface area (TPSA) is 3.24 Å². The highest BCUT2D eigenvalue weighted by Crippen LogP contribution is 2.51. The summed E-state index contributed by atoms with van der Waals surface area (Å²) >= 11 is 0. The Kier molecular flexibility index (Phi) is 6.91. The van der Waals surface area contributed by atoms with Crippen molar-refractivity contribution in [2.24, 2.45) is 35.0 Å². The molecule has 0 bridgehead atoms. The third-order valence-corrected chi connectivity index (χ3v) is 8.23. The predicted octanol–water partition coefficient (Wildman–Crippen LogP) is 6.77. The smallest absolute Gasteiger partial charge is 0.000967 e. The Labute approximate surface area is 158 Å². The van der Waals surface area contributed by atoms with Crippen LogP contribution in [0.1, 0.15) is 98.3 Å². The van der Waals surface area contributed by atoms with Crippen LogP contribution < -0.4 is 0 Å². The third-order valence-electron chi connectivity index (χ3n) is 8.23. The summed E-state index contributed by atoms with van der Waals surface area (Å²) in [5.74, 6) is 4.84. The van der Waals surface area contributed by atoms with Crippen molar-refractivity contribution in [1.29, 1.82) is 0 Å². The van der Waals surface area contributed by atoms with Crippen molar-refractivity contribution in [1.82, 2.24) is 4.90 Å². The van der Waals surface area contributed by atoms with Crippen LogP contribution in [0.2, 0.25) is 0 Å². The summed E-state index contributed by atoms with van der Waals surface area (Å²) in [6.07, 6.45) is 16.7. The van der Waals surface area contributed by atoms with E-state index >= 15 is 0 Å². The van der Waals surface area contributed by atoms with Crippen LogP contribution in [0.4, 0.5) is 0 Å². The Morgan fingerprint density at radius 3 is 1.84 bits per heavy atom. The lowest BCUT2D eigenvalue weighted by Gasteiger charge is -2.46. The largest absolute Gasteiger partial charge is 0.303 e. The minimum absolute atomic E-state index is 0.770. The van der Waals surface area contributed by atoms with Crippen molar-refractivity contribution < 1.29 is 0 Å². The van der Waals surface area contributed by atoms with Crippen LogP contribution in [0, 0.1) is 35.0 Å². The summed E-state index contributed by atoms with van der Waals surface area (Å²) in [7, 11) is 0. The summed E-state index contributed by atoms with van der Waals surface area (Å²) < 4.78 is 0. The van der Waals surface area contributed by atoms with Gasteiger partial charge in [-0.1, -0.05) is 27.7 Å². The second kappa shape index (κ2) is 8.77. The summed E-state index contributed by atoms with van der Waals surface area (Å²) in [6.45, 7) is 13.8. The van der Waals surface area contributed by atoms with Crippen LogP contribution in [0.3, 0.4) is 0 Å². The monoisotopic (exact) mass is 347 g/mol. The Bertz CT molecular complexity index is 373. The first-order chi connectivity index (χ1) is 12.0. The number of likely N-dealkylation sites (tertiary alicyclic amines) is 1. The van der Waals surface area contributed by atoms with Crippen LogP contribution in [-0.2, 0) is 0 Å². The maximum Gasteiger partial charge on any atom is 0.000967 e. The minimum Gasteiger partial charge on any atom is -0.303 e. The zero-order chi connectivity index (χ0) is 17.9. The molecule has 0 N–H and O–H groups in total. The molecular formula is C24H45N. The second-order valence-corrected chi connectivity index (χ2v) is 10.9. The van der Waals surface area contributed by atoms with Crippen molar-refractivity contribution in [2.45, 2.75) is 98.3 Å². The van der Waals surface area contributed by atoms with Gasteiger partial charge in [0.15, 0.2) is 0 Å². The zero-order valence-electron chi connectivity index (χ0n) is 17.7. The number of hydrogen-bond donors (Lipinski definition) is 0. The predicted molar refractivity (Wildman–Crippen MR) is 110 cm³/mol. The number of nitrogens with zero attached hydrogens (tertiary/aromatic N) is 1. The highest BCUT2D eigenvalue weighted by molar-refractivity contribution is 4.91. The molecule has 3 fully saturated rings. The Morgan fingerprint density at radius 1 is 0.760 bits per heavy atom. The maximum absolute atomic E-state index is 2.81. The fraction of sp³-hybridized carbons (Fsp3) is 1.00. The first kappa shape index (κ1) is 19.7. The lowest BCUT2D eigenvalue weighted by atomic mass is 9.60. The third kappa shape index (κ3) is 5.47. The van der Waals surface area contributed by atoms with Gasteiger partial charge in [-0.25, -0.2) is 0 Å². The lowest BCUT2D eigenvalue weighted by molar-refractivity contribution is 0.0497. The van der Waals surface area contributed by atoms with E-state index in [1.165, 1.54) is 64.6 Å². The average Bonchev–Trinajstić information content (AvgIpc) is 2.59. The van der Waals surface area contributed by atoms with Crippen LogP contribution in [-0.4, -0.2) is 24.5 Å². The van der Waals surface area contributed by atoms with E-state index in [1.807, 2.05) is 0 Å². The molecule has 3 aliphatic rings. The molecule has 0 aromatic heterocycles. The van der Waals surface area contributed by atoms with Crippen molar-refractivity contribution >= 4 is 0 Å². The van der Waals surface area contributed by atoms with Gasteiger partial charge in [0.25, 0.3) is 0 Å². The highest BCUT2D eigenvalue weighted by atomic mass is 15.1. The zero-order valence-corrected chi connectivity index (χ0v) is 17.7. The molecule has 1 saturated heterocycles. The lowest BCUT2D eigenvalue weighted by Crippen LogP contribution is -2.40. The van der Waals surface area contributed by atoms with Gasteiger partial charge in [0, 0.05) is 6.54 Å². The molecule has 0 amide bonds. The van der Waals surface area contributed by atoms with Gasteiger partial charge >= 0.3 is 0 Å². The molecule has 1 spiro atoms. The molecule has 1 aliphatic heterocycles. The number of hydrogen-bond acceptors (Lipinski definition) is 1. The van der Waals surface area contributed by atoms with Crippen LogP contribution in [0.15, 0.2) is 0 Å². The van der Waals surface area contributed by atoms with Gasteiger partial charge in [0.2, 0.25) is 0 Å². The molecule has 146 valence electrons. The van der Waals surface area contributed by atoms with Gasteiger partial charge in [0.1, 0.15) is 0 Å². The van der Waals surface area contributed by atoms with E-state index in [2.05, 4.69) is 32.6 Å². The molecular weight excluding hydrogens is 302 g/mol. The van der Waals surface area contributed by atoms with E-state index in [-0.39, 0.29) is 0 Å². The SMILES string of the molecule is CC(C)CC1CCN(CC2CCC3(CC2)CCC(C(C)C)CC3)CC1. The molecule has 1 heteroatoms. The summed E-state index contributed by atoms with van der Waals surface area (Å²) in [5, 5.41) is 0. The van der Waals surface area contributed by atoms with Gasteiger partial charge in [0.05, 0.1) is 0 Å². The number of piperidine rings is 1. The standard InChI is InChI=1S/C24H45N/c1-19(2)17-21-9-15-25(16-10-21)18-22-5-11-24(12-6-22)13-7-23(8-14-24)20(3)4/h19-23H,5-18H2,1-4H3. The van der Waals surface area contributed by atoms with E-state index in [1.54, 1.807) is 25.7 Å². The van der Waals surface area contributed by atoms with Gasteiger partial charge in [-0.05, 0) is 119 Å². The van der Waals surface area contributed by atoms with E-state index in [4.69, 9.17) is 0 Å². The van der Waals surface area contributed by atoms with Crippen LogP contribution in [0.25, 0.3) is 0 Å². The fourth-order valence-electron chi connectivity index (χ4n) is 6.33. The van der Waals surface area contributed by atoms with Gasteiger partial charge in [-0.3, -0.25) is 0 Å². The molecule has 0 atom stereocenters. The summed E-state index contributed by atoms with van der Waals surface area (Å²) in [4.78, 5) is 2.81. The number of rotatable bonds is 5. The second-order valence-electron chi connectivity index (χ2n) is 10.9. The molecule has 2 saturated carbocycles. The Balaban J connectivity index is 1.36. The van der Waals surface area contributed by atoms with Crippen LogP contribution >= 0.6 is 0 Å². The Hall–Kier alpha value is -0.0400. The minimum atomic E-state index is 0.770. The quantitative estimate of drug-likeness (QED) is 0.530. The average molecular weight is 348 g/mol. The molecule has 1 nitrogen and oxygen atoms in total. The normalized spacial score (nSPS) is 35.8. The molecule has 3 rings (SSSR count). The van der Waals surface area contributed by atoms with Crippen molar-refractivity contribution in [3.8, 4) is 0 Å². The van der Waals surface area contributed by atoms with Crippen molar-refractivity contribution in [2.75, 3.05) is 19.6 Å². The highest BCUT2D eigenvalue weighted by Gasteiger charge is 2.39. The fourth-order valence-corrected chi connectivity index (χ4v) is 6.33. The molecule has 0 unspecified atom stereocenters. The summed E-state index contributed by atoms with van der Waals surface area (Å²) in [5.41, 5.74) is 0.770. The molecule has 1 heterocycles. The molecule has 2 aliphatic carbocycles. The molecule has 0 aromatic carbocycles. The maximum atomic E-state index is 2.81. The first-order valence-corrected chi connectivity index (χ1v) is 11.7. The first-order valence-electron chi connectivity index (χ1n) is 11.7. The van der Waals surface area contributed by atoms with Crippen molar-refractivity contribution in [3.05, 3.63) is 0 Å². The van der Waals surface area contributed by atoms with Gasteiger partial charge < -0.3 is 4.90 Å². The summed E-state index contributed by atoms with van der Waals surface area (Å²) in [6, 6.07) is 0. The van der Waals surface area contributed by atoms with Crippen LogP contribution in [0.5, 0.6) is 0 Å². The van der Waals surface area contributed by atoms with Gasteiger partial charge in [-0.15, -0.1) is 0 Å². The van der Waals surface area contributed by atoms with E-state index in [0.717, 1.165) is 35.0 Å². The van der Waals surface area contributed by atoms with E-state index in [0.29, 0.717) is 0 Å². The molecule has 0 radical (unpaired) electrons. The van der Waals surface area contributed by atoms with Gasteiger partial charge in [-0.2, -0.15) is 0 Å². The van der Waals surface area contributed by atoms with E-state index in [9.17, 15) is 0 Å². The Morgan fingerprint density at radius 2 is 1.32 bits per heavy atom. The van der Waals surface area contributed by atoms with E-state index < -0.39 is 0 Å². The van der Waals surface area contributed by atoms with Crippen molar-refractivity contribution in [3.63, 3.8) is 0 Å². The molecule has 25 heavy (non-hydrogen) atoms.